The highest BCUT2D eigenvalue weighted by molar-refractivity contribution is 7.89. The van der Waals surface area contributed by atoms with Crippen LogP contribution in [0.3, 0.4) is 0 Å². The number of benzene rings is 1. The Balaban J connectivity index is 2.32. The normalized spacial score (nSPS) is 21.7. The van der Waals surface area contributed by atoms with Crippen LogP contribution in [0.4, 0.5) is 0 Å². The Bertz CT molecular complexity index is 662. The molecule has 0 aromatic heterocycles. The average Bonchev–Trinajstić information content (AvgIpc) is 2.46. The van der Waals surface area contributed by atoms with Gasteiger partial charge in [0.1, 0.15) is 0 Å². The Hall–Kier alpha value is -1.42. The molecule has 2 N–H and O–H groups in total. The van der Waals surface area contributed by atoms with Crippen LogP contribution in [-0.2, 0) is 10.0 Å². The molecule has 0 spiro atoms. The second kappa shape index (κ2) is 6.14. The number of nitrogens with zero attached hydrogens (tertiary/aromatic N) is 2. The molecule has 1 saturated heterocycles. The van der Waals surface area contributed by atoms with Crippen molar-refractivity contribution in [3.8, 4) is 6.07 Å². The first-order valence-electron chi connectivity index (χ1n) is 7.12. The molecule has 21 heavy (non-hydrogen) atoms. The summed E-state index contributed by atoms with van der Waals surface area (Å²) in [5.41, 5.74) is 7.00. The smallest absolute Gasteiger partial charge is 0.243 e. The lowest BCUT2D eigenvalue weighted by molar-refractivity contribution is 0.243. The molecule has 1 aromatic carbocycles. The number of hydrogen-bond donors (Lipinski definition) is 1. The summed E-state index contributed by atoms with van der Waals surface area (Å²) in [6.07, 6.45) is 1.80. The third-order valence-electron chi connectivity index (χ3n) is 4.09. The van der Waals surface area contributed by atoms with Crippen LogP contribution in [0.25, 0.3) is 0 Å². The van der Waals surface area contributed by atoms with E-state index in [9.17, 15) is 8.42 Å². The van der Waals surface area contributed by atoms with Crippen molar-refractivity contribution in [2.24, 2.45) is 11.7 Å². The number of sulfonamides is 1. The van der Waals surface area contributed by atoms with Crippen molar-refractivity contribution >= 4 is 10.0 Å². The van der Waals surface area contributed by atoms with Crippen LogP contribution >= 0.6 is 0 Å². The van der Waals surface area contributed by atoms with E-state index in [0.29, 0.717) is 24.2 Å². The fourth-order valence-corrected chi connectivity index (χ4v) is 4.51. The SMILES string of the molecule is Cc1cc(C#N)ccc1S(=O)(=O)N1CCCC(C(C)N)C1. The second-order valence-electron chi connectivity index (χ2n) is 5.72. The summed E-state index contributed by atoms with van der Waals surface area (Å²) in [6.45, 7) is 4.65. The highest BCUT2D eigenvalue weighted by atomic mass is 32.2. The van der Waals surface area contributed by atoms with Gasteiger partial charge in [0.25, 0.3) is 0 Å². The quantitative estimate of drug-likeness (QED) is 0.919. The first-order valence-corrected chi connectivity index (χ1v) is 8.56. The lowest BCUT2D eigenvalue weighted by Gasteiger charge is -2.34. The van der Waals surface area contributed by atoms with Gasteiger partial charge >= 0.3 is 0 Å². The Morgan fingerprint density at radius 1 is 1.48 bits per heavy atom. The van der Waals surface area contributed by atoms with Gasteiger partial charge < -0.3 is 5.73 Å². The summed E-state index contributed by atoms with van der Waals surface area (Å²) in [7, 11) is -3.52. The van der Waals surface area contributed by atoms with Crippen LogP contribution in [0.1, 0.15) is 30.9 Å². The molecular weight excluding hydrogens is 286 g/mol. The molecular formula is C15H21N3O2S. The number of hydrogen-bond acceptors (Lipinski definition) is 4. The van der Waals surface area contributed by atoms with E-state index in [2.05, 4.69) is 0 Å². The van der Waals surface area contributed by atoms with Gasteiger partial charge in [-0.3, -0.25) is 0 Å². The summed E-state index contributed by atoms with van der Waals surface area (Å²) in [5, 5.41) is 8.88. The summed E-state index contributed by atoms with van der Waals surface area (Å²) in [5.74, 6) is 0.201. The number of nitrogens with two attached hydrogens (primary N) is 1. The molecule has 114 valence electrons. The largest absolute Gasteiger partial charge is 0.328 e. The number of nitriles is 1. The molecule has 1 fully saturated rings. The molecule has 1 aromatic rings. The zero-order chi connectivity index (χ0) is 15.6. The minimum Gasteiger partial charge on any atom is -0.328 e. The van der Waals surface area contributed by atoms with E-state index in [1.165, 1.54) is 10.4 Å². The molecule has 0 saturated carbocycles. The fraction of sp³-hybridized carbons (Fsp3) is 0.533. The predicted molar refractivity (Wildman–Crippen MR) is 81.0 cm³/mol. The standard InChI is InChI=1S/C15H21N3O2S/c1-11-8-13(9-16)5-6-15(11)21(19,20)18-7-3-4-14(10-18)12(2)17/h5-6,8,12,14H,3-4,7,10,17H2,1-2H3. The summed E-state index contributed by atoms with van der Waals surface area (Å²) < 4.78 is 27.1. The zero-order valence-electron chi connectivity index (χ0n) is 12.4. The fourth-order valence-electron chi connectivity index (χ4n) is 2.77. The molecule has 0 radical (unpaired) electrons. The van der Waals surface area contributed by atoms with E-state index in [4.69, 9.17) is 11.0 Å². The topological polar surface area (TPSA) is 87.2 Å². The number of aryl methyl sites for hydroxylation is 1. The first-order chi connectivity index (χ1) is 9.86. The van der Waals surface area contributed by atoms with Crippen LogP contribution in [0.15, 0.2) is 23.1 Å². The van der Waals surface area contributed by atoms with Gasteiger partial charge in [0.05, 0.1) is 16.5 Å². The average molecular weight is 307 g/mol. The summed E-state index contributed by atoms with van der Waals surface area (Å²) >= 11 is 0. The van der Waals surface area contributed by atoms with Gasteiger partial charge in [0, 0.05) is 19.1 Å². The molecule has 1 heterocycles. The predicted octanol–water partition coefficient (Wildman–Crippen LogP) is 1.61. The van der Waals surface area contributed by atoms with E-state index < -0.39 is 10.0 Å². The van der Waals surface area contributed by atoms with Crippen molar-refractivity contribution in [1.82, 2.24) is 4.31 Å². The monoisotopic (exact) mass is 307 g/mol. The van der Waals surface area contributed by atoms with Crippen LogP contribution < -0.4 is 5.73 Å². The maximum absolute atomic E-state index is 12.8. The van der Waals surface area contributed by atoms with Gasteiger partial charge in [-0.1, -0.05) is 0 Å². The maximum atomic E-state index is 12.8. The van der Waals surface area contributed by atoms with Crippen molar-refractivity contribution in [3.63, 3.8) is 0 Å². The Labute approximate surface area is 126 Å². The van der Waals surface area contributed by atoms with Crippen LogP contribution in [-0.4, -0.2) is 31.9 Å². The van der Waals surface area contributed by atoms with Gasteiger partial charge in [-0.2, -0.15) is 9.57 Å². The number of piperidine rings is 1. The van der Waals surface area contributed by atoms with Gasteiger partial charge in [0.15, 0.2) is 0 Å². The van der Waals surface area contributed by atoms with E-state index in [-0.39, 0.29) is 16.9 Å². The van der Waals surface area contributed by atoms with Crippen molar-refractivity contribution in [1.29, 1.82) is 5.26 Å². The Morgan fingerprint density at radius 2 is 2.19 bits per heavy atom. The lowest BCUT2D eigenvalue weighted by Crippen LogP contribution is -2.45. The summed E-state index contributed by atoms with van der Waals surface area (Å²) in [6, 6.07) is 6.70. The van der Waals surface area contributed by atoms with Crippen molar-refractivity contribution < 1.29 is 8.42 Å². The van der Waals surface area contributed by atoms with Gasteiger partial charge in [-0.05, 0) is 56.4 Å². The molecule has 6 heteroatoms. The van der Waals surface area contributed by atoms with E-state index >= 15 is 0 Å². The highest BCUT2D eigenvalue weighted by Gasteiger charge is 2.32. The maximum Gasteiger partial charge on any atom is 0.243 e. The van der Waals surface area contributed by atoms with Crippen molar-refractivity contribution in [3.05, 3.63) is 29.3 Å². The minimum atomic E-state index is -3.52. The Morgan fingerprint density at radius 3 is 2.76 bits per heavy atom. The van der Waals surface area contributed by atoms with Gasteiger partial charge in [-0.15, -0.1) is 0 Å². The third kappa shape index (κ3) is 3.26. The molecule has 0 aliphatic carbocycles. The van der Waals surface area contributed by atoms with Gasteiger partial charge in [-0.25, -0.2) is 8.42 Å². The lowest BCUT2D eigenvalue weighted by atomic mass is 9.93. The van der Waals surface area contributed by atoms with Crippen LogP contribution in [0.2, 0.25) is 0 Å². The first kappa shape index (κ1) is 16.0. The molecule has 2 rings (SSSR count). The molecule has 2 atom stereocenters. The third-order valence-corrected chi connectivity index (χ3v) is 6.11. The van der Waals surface area contributed by atoms with E-state index in [1.54, 1.807) is 19.1 Å². The molecule has 1 aliphatic heterocycles. The highest BCUT2D eigenvalue weighted by Crippen LogP contribution is 2.27. The van der Waals surface area contributed by atoms with Crippen LogP contribution in [0.5, 0.6) is 0 Å². The van der Waals surface area contributed by atoms with Crippen LogP contribution in [0, 0.1) is 24.2 Å². The molecule has 1 aliphatic rings. The Kier molecular flexibility index (Phi) is 4.67. The molecule has 0 amide bonds. The second-order valence-corrected chi connectivity index (χ2v) is 7.62. The summed E-state index contributed by atoms with van der Waals surface area (Å²) in [4.78, 5) is 0.284. The van der Waals surface area contributed by atoms with E-state index in [0.717, 1.165) is 12.8 Å². The molecule has 5 nitrogen and oxygen atoms in total. The van der Waals surface area contributed by atoms with Crippen molar-refractivity contribution in [2.75, 3.05) is 13.1 Å². The molecule has 2 unspecified atom stereocenters. The van der Waals surface area contributed by atoms with Gasteiger partial charge in [0.2, 0.25) is 10.0 Å². The molecule has 0 bridgehead atoms. The van der Waals surface area contributed by atoms with Crippen molar-refractivity contribution in [2.45, 2.75) is 37.6 Å². The minimum absolute atomic E-state index is 0.00920. The zero-order valence-corrected chi connectivity index (χ0v) is 13.2. The number of rotatable bonds is 3. The van der Waals surface area contributed by atoms with E-state index in [1.807, 2.05) is 13.0 Å².